The molecule has 3 aromatic rings. The summed E-state index contributed by atoms with van der Waals surface area (Å²) >= 11 is 9.58. The van der Waals surface area contributed by atoms with Crippen molar-refractivity contribution in [3.8, 4) is 0 Å². The van der Waals surface area contributed by atoms with Crippen LogP contribution in [0.5, 0.6) is 0 Å². The molecule has 25 heavy (non-hydrogen) atoms. The van der Waals surface area contributed by atoms with Crippen molar-refractivity contribution in [2.45, 2.75) is 26.9 Å². The van der Waals surface area contributed by atoms with E-state index in [9.17, 15) is 4.79 Å². The van der Waals surface area contributed by atoms with Crippen LogP contribution in [0, 0.1) is 13.8 Å². The summed E-state index contributed by atoms with van der Waals surface area (Å²) in [6.45, 7) is 4.35. The molecule has 0 saturated carbocycles. The van der Waals surface area contributed by atoms with E-state index in [2.05, 4.69) is 36.4 Å². The van der Waals surface area contributed by atoms with Crippen LogP contribution in [0.1, 0.15) is 17.0 Å². The molecule has 130 valence electrons. The fourth-order valence-electron chi connectivity index (χ4n) is 2.36. The highest BCUT2D eigenvalue weighted by molar-refractivity contribution is 9.10. The van der Waals surface area contributed by atoms with Crippen molar-refractivity contribution in [1.82, 2.24) is 24.5 Å². The molecule has 0 fully saturated rings. The quantitative estimate of drug-likeness (QED) is 0.683. The van der Waals surface area contributed by atoms with Crippen molar-refractivity contribution in [2.75, 3.05) is 5.32 Å². The van der Waals surface area contributed by atoms with Crippen molar-refractivity contribution < 1.29 is 4.79 Å². The lowest BCUT2D eigenvalue weighted by Gasteiger charge is -2.04. The second-order valence-electron chi connectivity index (χ2n) is 5.55. The summed E-state index contributed by atoms with van der Waals surface area (Å²) in [6.07, 6.45) is 1.55. The van der Waals surface area contributed by atoms with Gasteiger partial charge in [-0.15, -0.1) is 5.10 Å². The molecule has 2 aromatic heterocycles. The first-order valence-corrected chi connectivity index (χ1v) is 8.73. The van der Waals surface area contributed by atoms with Crippen LogP contribution in [0.2, 0.25) is 5.02 Å². The Morgan fingerprint density at radius 3 is 2.72 bits per heavy atom. The number of nitrogens with zero attached hydrogens (tertiary/aromatic N) is 5. The highest BCUT2D eigenvalue weighted by atomic mass is 79.9. The van der Waals surface area contributed by atoms with E-state index in [4.69, 9.17) is 11.6 Å². The zero-order valence-corrected chi connectivity index (χ0v) is 16.0. The molecule has 7 nitrogen and oxygen atoms in total. The van der Waals surface area contributed by atoms with Crippen molar-refractivity contribution in [3.05, 3.63) is 57.0 Å². The first kappa shape index (κ1) is 17.6. The fraction of sp³-hybridized carbons (Fsp3) is 0.250. The number of anilines is 1. The van der Waals surface area contributed by atoms with Gasteiger partial charge in [-0.25, -0.2) is 9.67 Å². The van der Waals surface area contributed by atoms with Crippen LogP contribution >= 0.6 is 27.5 Å². The number of hydrogen-bond donors (Lipinski definition) is 1. The van der Waals surface area contributed by atoms with Crippen molar-refractivity contribution in [2.24, 2.45) is 0 Å². The number of rotatable bonds is 5. The highest BCUT2D eigenvalue weighted by Gasteiger charge is 2.13. The van der Waals surface area contributed by atoms with Crippen LogP contribution < -0.4 is 5.32 Å². The molecule has 0 aliphatic carbocycles. The van der Waals surface area contributed by atoms with Gasteiger partial charge in [-0.3, -0.25) is 14.8 Å². The van der Waals surface area contributed by atoms with E-state index < -0.39 is 0 Å². The SMILES string of the molecule is Cc1nn(CC(=O)Nc2ncn(Cc3ccccc3Cl)n2)c(C)c1Br. The molecule has 1 amide bonds. The minimum absolute atomic E-state index is 0.0946. The van der Waals surface area contributed by atoms with Gasteiger partial charge < -0.3 is 0 Å². The third-order valence-electron chi connectivity index (χ3n) is 3.66. The Balaban J connectivity index is 1.64. The summed E-state index contributed by atoms with van der Waals surface area (Å²) in [5.74, 6) is 0.00578. The van der Waals surface area contributed by atoms with E-state index in [0.717, 1.165) is 21.4 Å². The van der Waals surface area contributed by atoms with Gasteiger partial charge in [0.25, 0.3) is 0 Å². The van der Waals surface area contributed by atoms with E-state index in [1.54, 1.807) is 15.7 Å². The molecule has 1 N–H and O–H groups in total. The van der Waals surface area contributed by atoms with Crippen molar-refractivity contribution in [3.63, 3.8) is 0 Å². The molecule has 2 heterocycles. The Labute approximate surface area is 158 Å². The maximum Gasteiger partial charge on any atom is 0.248 e. The normalized spacial score (nSPS) is 10.9. The van der Waals surface area contributed by atoms with Crippen LogP contribution in [0.3, 0.4) is 0 Å². The second kappa shape index (κ2) is 7.37. The molecule has 0 spiro atoms. The molecule has 9 heteroatoms. The zero-order valence-electron chi connectivity index (χ0n) is 13.7. The molecule has 3 rings (SSSR count). The summed E-state index contributed by atoms with van der Waals surface area (Å²) in [7, 11) is 0. The molecule has 0 bridgehead atoms. The number of hydrogen-bond acceptors (Lipinski definition) is 4. The first-order chi connectivity index (χ1) is 11.9. The standard InChI is InChI=1S/C16H16BrClN6O/c1-10-15(17)11(2)24(21-10)8-14(25)20-16-19-9-23(22-16)7-12-5-3-4-6-13(12)18/h3-6,9H,7-8H2,1-2H3,(H,20,22,25). The summed E-state index contributed by atoms with van der Waals surface area (Å²) in [5, 5.41) is 11.9. The van der Waals surface area contributed by atoms with Crippen LogP contribution in [0.25, 0.3) is 0 Å². The second-order valence-corrected chi connectivity index (χ2v) is 6.75. The Hall–Kier alpha value is -2.19. The smallest absolute Gasteiger partial charge is 0.248 e. The third-order valence-corrected chi connectivity index (χ3v) is 5.18. The predicted octanol–water partition coefficient (Wildman–Crippen LogP) is 3.19. The minimum Gasteiger partial charge on any atom is -0.292 e. The number of amides is 1. The van der Waals surface area contributed by atoms with Gasteiger partial charge in [0.05, 0.1) is 22.4 Å². The van der Waals surface area contributed by atoms with Gasteiger partial charge in [0.15, 0.2) is 0 Å². The molecule has 0 aliphatic rings. The third kappa shape index (κ3) is 4.08. The van der Waals surface area contributed by atoms with Gasteiger partial charge in [0.2, 0.25) is 11.9 Å². The number of nitrogens with one attached hydrogen (secondary N) is 1. The number of aromatic nitrogens is 5. The molecule has 0 aliphatic heterocycles. The van der Waals surface area contributed by atoms with Crippen molar-refractivity contribution >= 4 is 39.4 Å². The number of benzene rings is 1. The summed E-state index contributed by atoms with van der Waals surface area (Å²) in [6, 6.07) is 7.52. The maximum absolute atomic E-state index is 12.2. The average Bonchev–Trinajstić information content (AvgIpc) is 3.10. The van der Waals surface area contributed by atoms with Crippen molar-refractivity contribution in [1.29, 1.82) is 0 Å². The van der Waals surface area contributed by atoms with Gasteiger partial charge in [0.1, 0.15) is 12.9 Å². The largest absolute Gasteiger partial charge is 0.292 e. The maximum atomic E-state index is 12.2. The van der Waals surface area contributed by atoms with Gasteiger partial charge in [0, 0.05) is 5.02 Å². The number of carbonyl (C=O) groups is 1. The monoisotopic (exact) mass is 422 g/mol. The van der Waals surface area contributed by atoms with E-state index in [0.29, 0.717) is 11.6 Å². The van der Waals surface area contributed by atoms with Crippen LogP contribution in [-0.4, -0.2) is 30.5 Å². The minimum atomic E-state index is -0.242. The Bertz CT molecular complexity index is 919. The highest BCUT2D eigenvalue weighted by Crippen LogP contribution is 2.19. The van der Waals surface area contributed by atoms with Gasteiger partial charge in [-0.2, -0.15) is 5.10 Å². The van der Waals surface area contributed by atoms with Gasteiger partial charge in [-0.05, 0) is 41.4 Å². The lowest BCUT2D eigenvalue weighted by Crippen LogP contribution is -2.21. The molecular formula is C16H16BrClN6O. The molecule has 1 aromatic carbocycles. The number of halogens is 2. The van der Waals surface area contributed by atoms with Crippen LogP contribution in [0.4, 0.5) is 5.95 Å². The number of carbonyl (C=O) groups excluding carboxylic acids is 1. The molecule has 0 unspecified atom stereocenters. The fourth-order valence-corrected chi connectivity index (χ4v) is 2.84. The van der Waals surface area contributed by atoms with E-state index in [1.807, 2.05) is 38.1 Å². The number of aryl methyl sites for hydroxylation is 1. The molecular weight excluding hydrogens is 408 g/mol. The first-order valence-electron chi connectivity index (χ1n) is 7.56. The van der Waals surface area contributed by atoms with Gasteiger partial charge >= 0.3 is 0 Å². The lowest BCUT2D eigenvalue weighted by molar-refractivity contribution is -0.117. The van der Waals surface area contributed by atoms with Crippen LogP contribution in [0.15, 0.2) is 35.1 Å². The summed E-state index contributed by atoms with van der Waals surface area (Å²) in [5.41, 5.74) is 2.66. The summed E-state index contributed by atoms with van der Waals surface area (Å²) in [4.78, 5) is 16.3. The Morgan fingerprint density at radius 2 is 2.04 bits per heavy atom. The topological polar surface area (TPSA) is 77.6 Å². The summed E-state index contributed by atoms with van der Waals surface area (Å²) < 4.78 is 4.16. The van der Waals surface area contributed by atoms with Gasteiger partial charge in [-0.1, -0.05) is 29.8 Å². The lowest BCUT2D eigenvalue weighted by atomic mass is 10.2. The molecule has 0 atom stereocenters. The van der Waals surface area contributed by atoms with E-state index in [1.165, 1.54) is 0 Å². The zero-order chi connectivity index (χ0) is 18.0. The van der Waals surface area contributed by atoms with E-state index in [-0.39, 0.29) is 18.4 Å². The average molecular weight is 424 g/mol. The Kier molecular flexibility index (Phi) is 5.19. The van der Waals surface area contributed by atoms with E-state index >= 15 is 0 Å². The molecule has 0 saturated heterocycles. The molecule has 0 radical (unpaired) electrons. The Morgan fingerprint density at radius 1 is 1.28 bits per heavy atom. The van der Waals surface area contributed by atoms with Crippen LogP contribution in [-0.2, 0) is 17.9 Å². The predicted molar refractivity (Wildman–Crippen MR) is 98.6 cm³/mol.